The van der Waals surface area contributed by atoms with Crippen LogP contribution in [0.1, 0.15) is 253 Å². The Kier molecular flexibility index (Phi) is 38.5. The Bertz CT molecular complexity index is 839. The normalized spacial score (nSPS) is 12.7. The quantitative estimate of drug-likeness (QED) is 0.0350. The van der Waals surface area contributed by atoms with E-state index in [9.17, 15) is 14.4 Å². The Hall–Kier alpha value is -1.59. The van der Waals surface area contributed by atoms with Crippen LogP contribution in [0.4, 0.5) is 0 Å². The summed E-state index contributed by atoms with van der Waals surface area (Å²) >= 11 is 0. The van der Waals surface area contributed by atoms with E-state index in [1.54, 1.807) is 0 Å². The molecule has 0 aromatic rings. The van der Waals surface area contributed by atoms with Crippen molar-refractivity contribution in [2.24, 2.45) is 17.8 Å². The minimum Gasteiger partial charge on any atom is -0.462 e. The van der Waals surface area contributed by atoms with Gasteiger partial charge in [0.2, 0.25) is 0 Å². The standard InChI is InChI=1S/C48H92O6/c1-7-44(6)36-30-24-16-14-12-10-8-9-11-13-15-17-25-31-37-46(49)52-40-45(54-48(51)39-33-27-21-19-23-29-35-43(4)5)41-53-47(50)38-32-26-20-18-22-28-34-42(2)3/h42-45H,7-41H2,1-6H3/t44?,45-/m0/s1. The second-order valence-electron chi connectivity index (χ2n) is 17.6. The molecule has 0 heterocycles. The van der Waals surface area contributed by atoms with E-state index in [0.717, 1.165) is 75.5 Å². The maximum absolute atomic E-state index is 12.7. The molecular weight excluding hydrogens is 673 g/mol. The summed E-state index contributed by atoms with van der Waals surface area (Å²) in [7, 11) is 0. The third kappa shape index (κ3) is 40.1. The fourth-order valence-electron chi connectivity index (χ4n) is 7.02. The third-order valence-corrected chi connectivity index (χ3v) is 11.0. The van der Waals surface area contributed by atoms with Crippen molar-refractivity contribution in [2.75, 3.05) is 13.2 Å². The molecule has 0 radical (unpaired) electrons. The number of hydrogen-bond acceptors (Lipinski definition) is 6. The van der Waals surface area contributed by atoms with Gasteiger partial charge >= 0.3 is 17.9 Å². The van der Waals surface area contributed by atoms with Gasteiger partial charge in [0, 0.05) is 19.3 Å². The fourth-order valence-corrected chi connectivity index (χ4v) is 7.02. The van der Waals surface area contributed by atoms with Crippen molar-refractivity contribution in [3.8, 4) is 0 Å². The summed E-state index contributed by atoms with van der Waals surface area (Å²) < 4.78 is 16.7. The maximum Gasteiger partial charge on any atom is 0.306 e. The van der Waals surface area contributed by atoms with E-state index in [2.05, 4.69) is 41.5 Å². The average Bonchev–Trinajstić information content (AvgIpc) is 3.14. The Morgan fingerprint density at radius 2 is 0.648 bits per heavy atom. The molecule has 1 unspecified atom stereocenters. The molecule has 0 aliphatic heterocycles. The maximum atomic E-state index is 12.7. The zero-order valence-corrected chi connectivity index (χ0v) is 37.0. The average molecular weight is 765 g/mol. The van der Waals surface area contributed by atoms with Gasteiger partial charge in [-0.05, 0) is 37.0 Å². The molecule has 54 heavy (non-hydrogen) atoms. The molecule has 0 amide bonds. The molecule has 0 aromatic carbocycles. The Morgan fingerprint density at radius 1 is 0.370 bits per heavy atom. The molecule has 0 aliphatic rings. The van der Waals surface area contributed by atoms with Crippen LogP contribution in [-0.2, 0) is 28.6 Å². The predicted octanol–water partition coefficient (Wildman–Crippen LogP) is 14.8. The first kappa shape index (κ1) is 52.4. The van der Waals surface area contributed by atoms with Crippen LogP contribution in [-0.4, -0.2) is 37.2 Å². The summed E-state index contributed by atoms with van der Waals surface area (Å²) in [5.74, 6) is 1.55. The Balaban J connectivity index is 4.22. The fraction of sp³-hybridized carbons (Fsp3) is 0.938. The zero-order valence-electron chi connectivity index (χ0n) is 37.0. The molecular formula is C48H92O6. The van der Waals surface area contributed by atoms with Crippen LogP contribution in [0.5, 0.6) is 0 Å². The van der Waals surface area contributed by atoms with Gasteiger partial charge < -0.3 is 14.2 Å². The summed E-state index contributed by atoms with van der Waals surface area (Å²) in [6, 6.07) is 0. The van der Waals surface area contributed by atoms with Crippen LogP contribution in [0, 0.1) is 17.8 Å². The highest BCUT2D eigenvalue weighted by Crippen LogP contribution is 2.17. The minimum absolute atomic E-state index is 0.0671. The van der Waals surface area contributed by atoms with Crippen LogP contribution < -0.4 is 0 Å². The molecule has 0 bridgehead atoms. The van der Waals surface area contributed by atoms with Gasteiger partial charge in [-0.25, -0.2) is 0 Å². The van der Waals surface area contributed by atoms with E-state index < -0.39 is 6.10 Å². The first-order valence-corrected chi connectivity index (χ1v) is 23.6. The number of hydrogen-bond donors (Lipinski definition) is 0. The van der Waals surface area contributed by atoms with Gasteiger partial charge in [0.05, 0.1) is 0 Å². The van der Waals surface area contributed by atoms with Crippen molar-refractivity contribution in [3.05, 3.63) is 0 Å². The topological polar surface area (TPSA) is 78.9 Å². The molecule has 0 spiro atoms. The smallest absolute Gasteiger partial charge is 0.306 e. The molecule has 320 valence electrons. The number of rotatable bonds is 41. The first-order chi connectivity index (χ1) is 26.1. The largest absolute Gasteiger partial charge is 0.462 e. The summed E-state index contributed by atoms with van der Waals surface area (Å²) in [6.45, 7) is 13.6. The van der Waals surface area contributed by atoms with Crippen molar-refractivity contribution in [3.63, 3.8) is 0 Å². The van der Waals surface area contributed by atoms with Crippen molar-refractivity contribution in [1.82, 2.24) is 0 Å². The number of esters is 3. The summed E-state index contributed by atoms with van der Waals surface area (Å²) in [6.07, 6.45) is 36.9. The second-order valence-corrected chi connectivity index (χ2v) is 17.6. The number of carbonyl (C=O) groups is 3. The van der Waals surface area contributed by atoms with E-state index in [4.69, 9.17) is 14.2 Å². The molecule has 0 N–H and O–H groups in total. The lowest BCUT2D eigenvalue weighted by Crippen LogP contribution is -2.30. The number of unbranched alkanes of at least 4 members (excludes halogenated alkanes) is 23. The Labute approximate surface area is 336 Å². The lowest BCUT2D eigenvalue weighted by atomic mass is 9.99. The molecule has 0 saturated heterocycles. The van der Waals surface area contributed by atoms with Crippen LogP contribution in [0.3, 0.4) is 0 Å². The van der Waals surface area contributed by atoms with E-state index in [0.29, 0.717) is 19.3 Å². The van der Waals surface area contributed by atoms with E-state index in [-0.39, 0.29) is 31.1 Å². The van der Waals surface area contributed by atoms with Gasteiger partial charge in [-0.2, -0.15) is 0 Å². The SMILES string of the molecule is CCC(C)CCCCCCCCCCCCCCCCC(=O)OC[C@@H](COC(=O)CCCCCCCCC(C)C)OC(=O)CCCCCCCCC(C)C. The van der Waals surface area contributed by atoms with E-state index in [1.165, 1.54) is 135 Å². The van der Waals surface area contributed by atoms with Gasteiger partial charge in [0.1, 0.15) is 13.2 Å². The van der Waals surface area contributed by atoms with Crippen LogP contribution >= 0.6 is 0 Å². The Morgan fingerprint density at radius 3 is 0.963 bits per heavy atom. The lowest BCUT2D eigenvalue weighted by molar-refractivity contribution is -0.167. The molecule has 6 nitrogen and oxygen atoms in total. The van der Waals surface area contributed by atoms with E-state index in [1.807, 2.05) is 0 Å². The highest BCUT2D eigenvalue weighted by Gasteiger charge is 2.19. The van der Waals surface area contributed by atoms with Crippen molar-refractivity contribution in [1.29, 1.82) is 0 Å². The van der Waals surface area contributed by atoms with Gasteiger partial charge in [-0.15, -0.1) is 0 Å². The third-order valence-electron chi connectivity index (χ3n) is 11.0. The summed E-state index contributed by atoms with van der Waals surface area (Å²) in [4.78, 5) is 37.7. The molecule has 0 rings (SSSR count). The zero-order chi connectivity index (χ0) is 39.9. The first-order valence-electron chi connectivity index (χ1n) is 23.6. The van der Waals surface area contributed by atoms with Crippen LogP contribution in [0.2, 0.25) is 0 Å². The molecule has 0 fully saturated rings. The molecule has 0 aromatic heterocycles. The summed E-state index contributed by atoms with van der Waals surface area (Å²) in [5, 5.41) is 0. The number of carbonyl (C=O) groups excluding carboxylic acids is 3. The van der Waals surface area contributed by atoms with Crippen molar-refractivity contribution in [2.45, 2.75) is 260 Å². The van der Waals surface area contributed by atoms with Crippen molar-refractivity contribution < 1.29 is 28.6 Å². The van der Waals surface area contributed by atoms with Gasteiger partial charge in [0.15, 0.2) is 6.10 Å². The minimum atomic E-state index is -0.762. The molecule has 2 atom stereocenters. The van der Waals surface area contributed by atoms with Crippen LogP contribution in [0.25, 0.3) is 0 Å². The predicted molar refractivity (Wildman–Crippen MR) is 229 cm³/mol. The van der Waals surface area contributed by atoms with Crippen molar-refractivity contribution >= 4 is 17.9 Å². The molecule has 0 aliphatic carbocycles. The molecule has 6 heteroatoms. The van der Waals surface area contributed by atoms with Gasteiger partial charge in [0.25, 0.3) is 0 Å². The monoisotopic (exact) mass is 765 g/mol. The van der Waals surface area contributed by atoms with Gasteiger partial charge in [-0.1, -0.05) is 215 Å². The second kappa shape index (κ2) is 39.6. The summed E-state index contributed by atoms with van der Waals surface area (Å²) in [5.41, 5.74) is 0. The van der Waals surface area contributed by atoms with E-state index >= 15 is 0 Å². The van der Waals surface area contributed by atoms with Gasteiger partial charge in [-0.3, -0.25) is 14.4 Å². The highest BCUT2D eigenvalue weighted by molar-refractivity contribution is 5.71. The molecule has 0 saturated carbocycles. The highest BCUT2D eigenvalue weighted by atomic mass is 16.6. The lowest BCUT2D eigenvalue weighted by Gasteiger charge is -2.18. The number of ether oxygens (including phenoxy) is 3. The van der Waals surface area contributed by atoms with Crippen LogP contribution in [0.15, 0.2) is 0 Å².